The van der Waals surface area contributed by atoms with Gasteiger partial charge >= 0.3 is 0 Å². The summed E-state index contributed by atoms with van der Waals surface area (Å²) in [7, 11) is 0. The standard InChI is InChI=1S/C6H7Cl7/c7-2-3(5(10)11)6(12,13)1-4(8)9/h3-5H,1-2H2. The van der Waals surface area contributed by atoms with Gasteiger partial charge in [-0.3, -0.25) is 0 Å². The Hall–Kier alpha value is 2.03. The topological polar surface area (TPSA) is 0 Å². The van der Waals surface area contributed by atoms with Crippen molar-refractivity contribution in [2.75, 3.05) is 5.88 Å². The number of hydrogen-bond acceptors (Lipinski definition) is 0. The van der Waals surface area contributed by atoms with Gasteiger partial charge in [-0.25, -0.2) is 0 Å². The van der Waals surface area contributed by atoms with Gasteiger partial charge in [-0.2, -0.15) is 0 Å². The van der Waals surface area contributed by atoms with Crippen LogP contribution in [-0.4, -0.2) is 19.9 Å². The molecule has 0 aromatic carbocycles. The van der Waals surface area contributed by atoms with Crippen LogP contribution in [0.1, 0.15) is 6.42 Å². The summed E-state index contributed by atoms with van der Waals surface area (Å²) in [4.78, 5) is -1.42. The number of halogens is 7. The van der Waals surface area contributed by atoms with Crippen molar-refractivity contribution in [1.82, 2.24) is 0 Å². The van der Waals surface area contributed by atoms with Crippen molar-refractivity contribution >= 4 is 81.2 Å². The maximum atomic E-state index is 5.94. The third-order valence-corrected chi connectivity index (χ3v) is 3.56. The van der Waals surface area contributed by atoms with Crippen molar-refractivity contribution in [2.24, 2.45) is 5.92 Å². The van der Waals surface area contributed by atoms with Gasteiger partial charge in [0.15, 0.2) is 0 Å². The molecule has 0 aromatic heterocycles. The molecule has 0 N–H and O–H groups in total. The van der Waals surface area contributed by atoms with E-state index >= 15 is 0 Å². The Morgan fingerprint density at radius 1 is 1.00 bits per heavy atom. The molecule has 0 bridgehead atoms. The molecule has 7 heteroatoms. The Morgan fingerprint density at radius 2 is 1.46 bits per heavy atom. The van der Waals surface area contributed by atoms with Crippen LogP contribution in [-0.2, 0) is 0 Å². The summed E-state index contributed by atoms with van der Waals surface area (Å²) in [6.45, 7) is 0. The summed E-state index contributed by atoms with van der Waals surface area (Å²) in [6, 6.07) is 0. The lowest BCUT2D eigenvalue weighted by Gasteiger charge is -2.29. The lowest BCUT2D eigenvalue weighted by Crippen LogP contribution is -2.33. The summed E-state index contributed by atoms with van der Waals surface area (Å²) < 4.78 is -1.20. The third kappa shape index (κ3) is 5.61. The quantitative estimate of drug-likeness (QED) is 0.623. The molecule has 0 aliphatic rings. The van der Waals surface area contributed by atoms with Crippen LogP contribution in [0.5, 0.6) is 0 Å². The van der Waals surface area contributed by atoms with Crippen LogP contribution in [0.15, 0.2) is 0 Å². The summed E-state index contributed by atoms with van der Waals surface area (Å²) in [6.07, 6.45) is 0.159. The fraction of sp³-hybridized carbons (Fsp3) is 1.00. The average molecular weight is 327 g/mol. The summed E-state index contributed by atoms with van der Waals surface area (Å²) in [5.74, 6) is -0.327. The van der Waals surface area contributed by atoms with E-state index in [4.69, 9.17) is 81.2 Å². The summed E-state index contributed by atoms with van der Waals surface area (Å²) in [5, 5.41) is 0. The molecule has 80 valence electrons. The molecular weight excluding hydrogens is 320 g/mol. The highest BCUT2D eigenvalue weighted by Crippen LogP contribution is 2.42. The van der Waals surface area contributed by atoms with E-state index < -0.39 is 19.9 Å². The maximum Gasteiger partial charge on any atom is 0.127 e. The summed E-state index contributed by atoms with van der Waals surface area (Å²) >= 11 is 39.8. The van der Waals surface area contributed by atoms with Crippen molar-refractivity contribution in [3.05, 3.63) is 0 Å². The predicted molar refractivity (Wildman–Crippen MR) is 64.3 cm³/mol. The molecule has 13 heavy (non-hydrogen) atoms. The number of rotatable bonds is 5. The minimum Gasteiger partial charge on any atom is -0.126 e. The normalized spacial score (nSPS) is 15.5. The van der Waals surface area contributed by atoms with Gasteiger partial charge in [0.1, 0.15) is 14.0 Å². The first-order valence-electron chi connectivity index (χ1n) is 3.31. The molecule has 0 nitrogen and oxygen atoms in total. The Balaban J connectivity index is 4.37. The highest BCUT2D eigenvalue weighted by Gasteiger charge is 2.39. The van der Waals surface area contributed by atoms with Gasteiger partial charge in [-0.1, -0.05) is 0 Å². The monoisotopic (exact) mass is 324 g/mol. The average Bonchev–Trinajstić information content (AvgIpc) is 1.82. The van der Waals surface area contributed by atoms with Crippen molar-refractivity contribution in [2.45, 2.75) is 20.4 Å². The minimum atomic E-state index is -1.20. The molecule has 0 heterocycles. The summed E-state index contributed by atoms with van der Waals surface area (Å²) in [5.41, 5.74) is 0. The van der Waals surface area contributed by atoms with Gasteiger partial charge < -0.3 is 0 Å². The molecule has 0 spiro atoms. The highest BCUT2D eigenvalue weighted by molar-refractivity contribution is 6.53. The van der Waals surface area contributed by atoms with Gasteiger partial charge in [0, 0.05) is 18.2 Å². The smallest absolute Gasteiger partial charge is 0.126 e. The molecule has 0 aromatic rings. The first kappa shape index (κ1) is 15.0. The Bertz CT molecular complexity index is 144. The second-order valence-electron chi connectivity index (χ2n) is 2.45. The van der Waals surface area contributed by atoms with E-state index in [1.165, 1.54) is 0 Å². The SMILES string of the molecule is ClCC(C(Cl)Cl)C(Cl)(Cl)CC(Cl)Cl. The molecular formula is C6H7Cl7. The van der Waals surface area contributed by atoms with Crippen molar-refractivity contribution in [1.29, 1.82) is 0 Å². The second-order valence-corrected chi connectivity index (χ2v) is 6.74. The maximum absolute atomic E-state index is 5.94. The fourth-order valence-electron chi connectivity index (χ4n) is 0.722. The molecule has 1 atom stereocenters. The van der Waals surface area contributed by atoms with E-state index in [1.807, 2.05) is 0 Å². The van der Waals surface area contributed by atoms with Crippen LogP contribution in [0.2, 0.25) is 0 Å². The Labute approximate surface area is 113 Å². The van der Waals surface area contributed by atoms with Crippen LogP contribution in [0, 0.1) is 5.92 Å². The molecule has 0 rings (SSSR count). The molecule has 1 unspecified atom stereocenters. The van der Waals surface area contributed by atoms with Crippen LogP contribution in [0.3, 0.4) is 0 Å². The van der Waals surface area contributed by atoms with Crippen LogP contribution in [0.4, 0.5) is 0 Å². The molecule has 0 radical (unpaired) electrons. The minimum absolute atomic E-state index is 0.144. The fourth-order valence-corrected chi connectivity index (χ4v) is 3.89. The lowest BCUT2D eigenvalue weighted by molar-refractivity contribution is 0.522. The van der Waals surface area contributed by atoms with Crippen molar-refractivity contribution in [3.8, 4) is 0 Å². The van der Waals surface area contributed by atoms with E-state index in [2.05, 4.69) is 0 Å². The lowest BCUT2D eigenvalue weighted by atomic mass is 10.1. The van der Waals surface area contributed by atoms with Crippen LogP contribution >= 0.6 is 81.2 Å². The van der Waals surface area contributed by atoms with E-state index in [0.717, 1.165) is 0 Å². The van der Waals surface area contributed by atoms with E-state index in [1.54, 1.807) is 0 Å². The third-order valence-electron chi connectivity index (χ3n) is 1.44. The van der Waals surface area contributed by atoms with Crippen LogP contribution < -0.4 is 0 Å². The molecule has 0 saturated carbocycles. The van der Waals surface area contributed by atoms with Gasteiger partial charge in [0.2, 0.25) is 0 Å². The van der Waals surface area contributed by atoms with E-state index in [9.17, 15) is 0 Å². The van der Waals surface area contributed by atoms with Crippen LogP contribution in [0.25, 0.3) is 0 Å². The Morgan fingerprint density at radius 3 is 1.69 bits per heavy atom. The van der Waals surface area contributed by atoms with Crippen molar-refractivity contribution in [3.63, 3.8) is 0 Å². The Kier molecular flexibility index (Phi) is 7.60. The number of hydrogen-bond donors (Lipinski definition) is 0. The first-order chi connectivity index (χ1) is 5.81. The largest absolute Gasteiger partial charge is 0.127 e. The van der Waals surface area contributed by atoms with E-state index in [0.29, 0.717) is 0 Å². The second kappa shape index (κ2) is 6.58. The van der Waals surface area contributed by atoms with Crippen molar-refractivity contribution < 1.29 is 0 Å². The zero-order valence-corrected chi connectivity index (χ0v) is 11.6. The predicted octanol–water partition coefficient (Wildman–Crippen LogP) is 5.01. The zero-order valence-electron chi connectivity index (χ0n) is 6.29. The number of alkyl halides is 7. The molecule has 0 aliphatic carbocycles. The van der Waals surface area contributed by atoms with Gasteiger partial charge in [0.05, 0.1) is 0 Å². The zero-order chi connectivity index (χ0) is 10.6. The van der Waals surface area contributed by atoms with Gasteiger partial charge in [0.25, 0.3) is 0 Å². The highest BCUT2D eigenvalue weighted by atomic mass is 35.5. The molecule has 0 aliphatic heterocycles. The first-order valence-corrected chi connectivity index (χ1v) is 6.35. The van der Waals surface area contributed by atoms with Gasteiger partial charge in [-0.05, 0) is 0 Å². The molecule has 0 fully saturated rings. The van der Waals surface area contributed by atoms with E-state index in [-0.39, 0.29) is 12.3 Å². The molecule has 0 amide bonds. The molecule has 0 saturated heterocycles. The van der Waals surface area contributed by atoms with Gasteiger partial charge in [-0.15, -0.1) is 81.2 Å².